The molecule has 1 unspecified atom stereocenters. The zero-order valence-corrected chi connectivity index (χ0v) is 17.2. The standard InChI is InChI=1S/C21H25N3O4S/c25-19(16-2-1-3-17-18(16)29-14-22-17)24-6-4-21(5-7-24)12-15(28-20(21)26)13-23-8-10-27-11-9-23/h1-3,14-15H,4-13H2. The van der Waals surface area contributed by atoms with Gasteiger partial charge in [-0.3, -0.25) is 14.5 Å². The monoisotopic (exact) mass is 415 g/mol. The number of morpholine rings is 1. The van der Waals surface area contributed by atoms with E-state index in [0.29, 0.717) is 31.5 Å². The smallest absolute Gasteiger partial charge is 0.312 e. The predicted molar refractivity (Wildman–Crippen MR) is 109 cm³/mol. The molecule has 1 aromatic heterocycles. The van der Waals surface area contributed by atoms with E-state index in [2.05, 4.69) is 9.88 Å². The summed E-state index contributed by atoms with van der Waals surface area (Å²) in [6.45, 7) is 5.25. The second-order valence-electron chi connectivity index (χ2n) is 8.22. The molecule has 1 atom stereocenters. The fraction of sp³-hybridized carbons (Fsp3) is 0.571. The number of carbonyl (C=O) groups excluding carboxylic acids is 2. The number of benzene rings is 1. The minimum Gasteiger partial charge on any atom is -0.461 e. The maximum Gasteiger partial charge on any atom is 0.312 e. The quantitative estimate of drug-likeness (QED) is 0.716. The first-order valence-corrected chi connectivity index (χ1v) is 11.2. The number of hydrogen-bond donors (Lipinski definition) is 0. The third-order valence-corrected chi connectivity index (χ3v) is 7.36. The van der Waals surface area contributed by atoms with E-state index in [1.807, 2.05) is 23.1 Å². The Hall–Kier alpha value is -2.03. The number of esters is 1. The van der Waals surface area contributed by atoms with Gasteiger partial charge < -0.3 is 14.4 Å². The Balaban J connectivity index is 1.23. The number of piperidine rings is 1. The summed E-state index contributed by atoms with van der Waals surface area (Å²) >= 11 is 1.50. The number of amides is 1. The molecule has 3 fully saturated rings. The van der Waals surface area contributed by atoms with Gasteiger partial charge in [-0.2, -0.15) is 0 Å². The summed E-state index contributed by atoms with van der Waals surface area (Å²) in [4.78, 5) is 34.3. The summed E-state index contributed by atoms with van der Waals surface area (Å²) in [5.41, 5.74) is 2.92. The predicted octanol–water partition coefficient (Wildman–Crippen LogP) is 2.17. The molecule has 0 saturated carbocycles. The summed E-state index contributed by atoms with van der Waals surface area (Å²) in [6, 6.07) is 5.68. The number of cyclic esters (lactones) is 1. The molecule has 1 amide bonds. The SMILES string of the molecule is O=C(c1cccc2ncsc12)N1CCC2(CC1)CC(CN1CCOCC1)OC2=O. The van der Waals surface area contributed by atoms with Gasteiger partial charge in [0, 0.05) is 39.1 Å². The molecule has 0 aliphatic carbocycles. The molecule has 0 radical (unpaired) electrons. The Labute approximate surface area is 173 Å². The van der Waals surface area contributed by atoms with E-state index in [0.717, 1.165) is 49.5 Å². The Morgan fingerprint density at radius 1 is 1.21 bits per heavy atom. The molecule has 0 N–H and O–H groups in total. The maximum absolute atomic E-state index is 13.1. The highest BCUT2D eigenvalue weighted by molar-refractivity contribution is 7.17. The molecular formula is C21H25N3O4S. The van der Waals surface area contributed by atoms with Crippen LogP contribution in [0.3, 0.4) is 0 Å². The third kappa shape index (κ3) is 3.53. The lowest BCUT2D eigenvalue weighted by Crippen LogP contribution is -2.45. The molecule has 3 aliphatic heterocycles. The van der Waals surface area contributed by atoms with Crippen LogP contribution in [0.15, 0.2) is 23.7 Å². The fourth-order valence-electron chi connectivity index (χ4n) is 4.78. The minimum absolute atomic E-state index is 0.0333. The highest BCUT2D eigenvalue weighted by Gasteiger charge is 2.51. The van der Waals surface area contributed by atoms with Crippen molar-refractivity contribution in [2.75, 3.05) is 45.9 Å². The van der Waals surface area contributed by atoms with Crippen molar-refractivity contribution in [3.63, 3.8) is 0 Å². The molecule has 3 saturated heterocycles. The van der Waals surface area contributed by atoms with Gasteiger partial charge in [0.2, 0.25) is 0 Å². The second kappa shape index (κ2) is 7.66. The lowest BCUT2D eigenvalue weighted by atomic mass is 9.76. The largest absolute Gasteiger partial charge is 0.461 e. The lowest BCUT2D eigenvalue weighted by molar-refractivity contribution is -0.151. The maximum atomic E-state index is 13.1. The van der Waals surface area contributed by atoms with Crippen molar-refractivity contribution in [1.29, 1.82) is 0 Å². The average Bonchev–Trinajstić information content (AvgIpc) is 3.33. The molecule has 7 nitrogen and oxygen atoms in total. The summed E-state index contributed by atoms with van der Waals surface area (Å²) in [6.07, 6.45) is 2.07. The van der Waals surface area contributed by atoms with Crippen molar-refractivity contribution in [2.24, 2.45) is 5.41 Å². The average molecular weight is 416 g/mol. The molecule has 8 heteroatoms. The first-order valence-electron chi connectivity index (χ1n) is 10.3. The number of thiazole rings is 1. The Bertz CT molecular complexity index is 916. The first-order chi connectivity index (χ1) is 14.1. The van der Waals surface area contributed by atoms with Gasteiger partial charge in [0.25, 0.3) is 5.91 Å². The van der Waals surface area contributed by atoms with Crippen LogP contribution in [0.25, 0.3) is 10.2 Å². The van der Waals surface area contributed by atoms with Crippen LogP contribution in [0.5, 0.6) is 0 Å². The van der Waals surface area contributed by atoms with Gasteiger partial charge in [0.05, 0.1) is 39.9 Å². The van der Waals surface area contributed by atoms with Crippen LogP contribution < -0.4 is 0 Å². The molecular weight excluding hydrogens is 390 g/mol. The molecule has 2 aromatic rings. The Morgan fingerprint density at radius 2 is 2.00 bits per heavy atom. The van der Waals surface area contributed by atoms with Crippen LogP contribution in [0.2, 0.25) is 0 Å². The van der Waals surface area contributed by atoms with Gasteiger partial charge in [-0.15, -0.1) is 11.3 Å². The van der Waals surface area contributed by atoms with Crippen LogP contribution in [-0.2, 0) is 14.3 Å². The number of aromatic nitrogens is 1. The lowest BCUT2D eigenvalue weighted by Gasteiger charge is -2.36. The summed E-state index contributed by atoms with van der Waals surface area (Å²) in [5.74, 6) is -0.0432. The number of likely N-dealkylation sites (tertiary alicyclic amines) is 1. The molecule has 29 heavy (non-hydrogen) atoms. The van der Waals surface area contributed by atoms with Crippen molar-refractivity contribution < 1.29 is 19.1 Å². The molecule has 3 aliphatic rings. The summed E-state index contributed by atoms with van der Waals surface area (Å²) in [7, 11) is 0. The third-order valence-electron chi connectivity index (χ3n) is 6.49. The van der Waals surface area contributed by atoms with Gasteiger partial charge in [-0.25, -0.2) is 4.98 Å². The second-order valence-corrected chi connectivity index (χ2v) is 9.08. The Morgan fingerprint density at radius 3 is 2.79 bits per heavy atom. The number of rotatable bonds is 3. The van der Waals surface area contributed by atoms with E-state index in [1.54, 1.807) is 5.51 Å². The minimum atomic E-state index is -0.426. The first kappa shape index (κ1) is 19.0. The molecule has 4 heterocycles. The summed E-state index contributed by atoms with van der Waals surface area (Å²) in [5, 5.41) is 0. The molecule has 5 rings (SSSR count). The van der Waals surface area contributed by atoms with E-state index in [1.165, 1.54) is 11.3 Å². The number of fused-ring (bicyclic) bond motifs is 1. The zero-order chi connectivity index (χ0) is 19.8. The summed E-state index contributed by atoms with van der Waals surface area (Å²) < 4.78 is 12.1. The van der Waals surface area contributed by atoms with Gasteiger partial charge in [-0.1, -0.05) is 6.07 Å². The van der Waals surface area contributed by atoms with Crippen molar-refractivity contribution in [3.8, 4) is 0 Å². The van der Waals surface area contributed by atoms with Crippen molar-refractivity contribution in [3.05, 3.63) is 29.3 Å². The van der Waals surface area contributed by atoms with E-state index < -0.39 is 5.41 Å². The van der Waals surface area contributed by atoms with E-state index >= 15 is 0 Å². The van der Waals surface area contributed by atoms with Crippen LogP contribution in [0, 0.1) is 5.41 Å². The van der Waals surface area contributed by atoms with Gasteiger partial charge in [0.1, 0.15) is 6.10 Å². The van der Waals surface area contributed by atoms with Gasteiger partial charge in [-0.05, 0) is 25.0 Å². The normalized spacial score (nSPS) is 24.9. The molecule has 154 valence electrons. The zero-order valence-electron chi connectivity index (χ0n) is 16.3. The van der Waals surface area contributed by atoms with E-state index in [4.69, 9.17) is 9.47 Å². The van der Waals surface area contributed by atoms with E-state index in [-0.39, 0.29) is 18.0 Å². The Kier molecular flexibility index (Phi) is 5.01. The van der Waals surface area contributed by atoms with Crippen LogP contribution >= 0.6 is 11.3 Å². The van der Waals surface area contributed by atoms with Crippen LogP contribution in [0.1, 0.15) is 29.6 Å². The number of hydrogen-bond acceptors (Lipinski definition) is 7. The highest BCUT2D eigenvalue weighted by atomic mass is 32.1. The number of nitrogens with zero attached hydrogens (tertiary/aromatic N) is 3. The van der Waals surface area contributed by atoms with Gasteiger partial charge in [0.15, 0.2) is 0 Å². The highest BCUT2D eigenvalue weighted by Crippen LogP contribution is 2.43. The van der Waals surface area contributed by atoms with Crippen LogP contribution in [-0.4, -0.2) is 78.7 Å². The fourth-order valence-corrected chi connectivity index (χ4v) is 5.58. The van der Waals surface area contributed by atoms with Crippen molar-refractivity contribution in [1.82, 2.24) is 14.8 Å². The van der Waals surface area contributed by atoms with Crippen molar-refractivity contribution >= 4 is 33.4 Å². The topological polar surface area (TPSA) is 72.0 Å². The molecule has 1 spiro atoms. The van der Waals surface area contributed by atoms with Gasteiger partial charge >= 0.3 is 5.97 Å². The van der Waals surface area contributed by atoms with Crippen molar-refractivity contribution in [2.45, 2.75) is 25.4 Å². The number of ether oxygens (including phenoxy) is 2. The molecule has 0 bridgehead atoms. The number of carbonyl (C=O) groups is 2. The van der Waals surface area contributed by atoms with E-state index in [9.17, 15) is 9.59 Å². The van der Waals surface area contributed by atoms with Crippen LogP contribution in [0.4, 0.5) is 0 Å². The molecule has 1 aromatic carbocycles.